The van der Waals surface area contributed by atoms with Crippen LogP contribution in [0, 0.1) is 0 Å². The Labute approximate surface area is 108 Å². The summed E-state index contributed by atoms with van der Waals surface area (Å²) in [7, 11) is 3.48. The fourth-order valence-electron chi connectivity index (χ4n) is 1.86. The van der Waals surface area contributed by atoms with E-state index in [1.807, 2.05) is 6.07 Å². The van der Waals surface area contributed by atoms with Crippen molar-refractivity contribution >= 4 is 5.91 Å². The van der Waals surface area contributed by atoms with Gasteiger partial charge in [0.25, 0.3) is 5.91 Å². The Hall–Kier alpha value is -1.58. The van der Waals surface area contributed by atoms with Gasteiger partial charge in [-0.2, -0.15) is 0 Å². The molecule has 1 aliphatic rings. The number of ether oxygens (including phenoxy) is 1. The summed E-state index contributed by atoms with van der Waals surface area (Å²) in [4.78, 5) is 17.9. The van der Waals surface area contributed by atoms with Gasteiger partial charge < -0.3 is 9.64 Å². The standard InChI is InChI=1S/C14H20N2O2/c1-9(2)12-11(18-10-5-6-10)7-8-15-13(12)14(17)16(3)4/h7-10H,5-6H2,1-4H3. The topological polar surface area (TPSA) is 42.4 Å². The van der Waals surface area contributed by atoms with Crippen molar-refractivity contribution in [2.45, 2.75) is 38.7 Å². The highest BCUT2D eigenvalue weighted by atomic mass is 16.5. The molecule has 1 aromatic heterocycles. The lowest BCUT2D eigenvalue weighted by atomic mass is 9.99. The molecule has 0 unspecified atom stereocenters. The van der Waals surface area contributed by atoms with E-state index in [1.54, 1.807) is 25.2 Å². The maximum absolute atomic E-state index is 12.1. The van der Waals surface area contributed by atoms with E-state index in [2.05, 4.69) is 18.8 Å². The molecule has 0 atom stereocenters. The Morgan fingerprint density at radius 1 is 1.44 bits per heavy atom. The van der Waals surface area contributed by atoms with Crippen LogP contribution < -0.4 is 4.74 Å². The minimum absolute atomic E-state index is 0.0695. The van der Waals surface area contributed by atoms with Gasteiger partial charge in [0, 0.05) is 25.9 Å². The molecule has 0 bridgehead atoms. The summed E-state index contributed by atoms with van der Waals surface area (Å²) < 4.78 is 5.88. The second-order valence-corrected chi connectivity index (χ2v) is 5.24. The highest BCUT2D eigenvalue weighted by Gasteiger charge is 2.27. The van der Waals surface area contributed by atoms with Crippen LogP contribution in [0.2, 0.25) is 0 Å². The Kier molecular flexibility index (Phi) is 3.55. The van der Waals surface area contributed by atoms with E-state index in [-0.39, 0.29) is 11.8 Å². The van der Waals surface area contributed by atoms with Crippen LogP contribution in [-0.4, -0.2) is 36.0 Å². The number of carbonyl (C=O) groups is 1. The van der Waals surface area contributed by atoms with Gasteiger partial charge in [-0.1, -0.05) is 13.8 Å². The molecule has 1 saturated carbocycles. The molecule has 0 saturated heterocycles. The minimum Gasteiger partial charge on any atom is -0.490 e. The van der Waals surface area contributed by atoms with E-state index in [9.17, 15) is 4.79 Å². The first-order valence-corrected chi connectivity index (χ1v) is 6.38. The summed E-state index contributed by atoms with van der Waals surface area (Å²) in [6.45, 7) is 4.12. The molecule has 0 aromatic carbocycles. The number of carbonyl (C=O) groups excluding carboxylic acids is 1. The fourth-order valence-corrected chi connectivity index (χ4v) is 1.86. The van der Waals surface area contributed by atoms with Crippen molar-refractivity contribution in [3.05, 3.63) is 23.5 Å². The van der Waals surface area contributed by atoms with Gasteiger partial charge in [-0.3, -0.25) is 9.78 Å². The number of pyridine rings is 1. The van der Waals surface area contributed by atoms with E-state index in [1.165, 1.54) is 0 Å². The van der Waals surface area contributed by atoms with Crippen molar-refractivity contribution in [3.63, 3.8) is 0 Å². The van der Waals surface area contributed by atoms with E-state index >= 15 is 0 Å². The zero-order valence-corrected chi connectivity index (χ0v) is 11.4. The summed E-state index contributed by atoms with van der Waals surface area (Å²) >= 11 is 0. The summed E-state index contributed by atoms with van der Waals surface area (Å²) in [5, 5.41) is 0. The van der Waals surface area contributed by atoms with Crippen LogP contribution in [0.5, 0.6) is 5.75 Å². The number of hydrogen-bond acceptors (Lipinski definition) is 3. The van der Waals surface area contributed by atoms with Gasteiger partial charge in [0.1, 0.15) is 11.4 Å². The molecule has 4 heteroatoms. The zero-order chi connectivity index (χ0) is 13.3. The van der Waals surface area contributed by atoms with E-state index in [4.69, 9.17) is 4.74 Å². The normalized spacial score (nSPS) is 14.7. The maximum atomic E-state index is 12.1. The van der Waals surface area contributed by atoms with Gasteiger partial charge in [-0.25, -0.2) is 0 Å². The number of nitrogens with zero attached hydrogens (tertiary/aromatic N) is 2. The molecule has 2 rings (SSSR count). The Balaban J connectivity index is 2.41. The quantitative estimate of drug-likeness (QED) is 0.822. The van der Waals surface area contributed by atoms with Crippen LogP contribution in [0.4, 0.5) is 0 Å². The third-order valence-electron chi connectivity index (χ3n) is 2.95. The van der Waals surface area contributed by atoms with Crippen molar-refractivity contribution in [1.82, 2.24) is 9.88 Å². The van der Waals surface area contributed by atoms with Crippen molar-refractivity contribution in [3.8, 4) is 5.75 Å². The lowest BCUT2D eigenvalue weighted by Gasteiger charge is -2.18. The molecule has 0 radical (unpaired) electrons. The number of aromatic nitrogens is 1. The Morgan fingerprint density at radius 3 is 2.61 bits per heavy atom. The molecule has 0 aliphatic heterocycles. The average molecular weight is 248 g/mol. The molecule has 18 heavy (non-hydrogen) atoms. The first kappa shape index (κ1) is 12.9. The van der Waals surface area contributed by atoms with Gasteiger partial charge >= 0.3 is 0 Å². The largest absolute Gasteiger partial charge is 0.490 e. The molecule has 1 fully saturated rings. The third-order valence-corrected chi connectivity index (χ3v) is 2.95. The summed E-state index contributed by atoms with van der Waals surface area (Å²) in [5.74, 6) is 0.957. The van der Waals surface area contributed by atoms with Gasteiger partial charge in [-0.05, 0) is 24.8 Å². The minimum atomic E-state index is -0.0695. The molecule has 1 heterocycles. The average Bonchev–Trinajstić information content (AvgIpc) is 3.11. The molecule has 1 amide bonds. The summed E-state index contributed by atoms with van der Waals surface area (Å²) in [6.07, 6.45) is 4.20. The van der Waals surface area contributed by atoms with Gasteiger partial charge in [0.05, 0.1) is 6.10 Å². The second kappa shape index (κ2) is 4.96. The van der Waals surface area contributed by atoms with Gasteiger partial charge in [0.2, 0.25) is 0 Å². The van der Waals surface area contributed by atoms with Crippen LogP contribution in [0.3, 0.4) is 0 Å². The molecular weight excluding hydrogens is 228 g/mol. The maximum Gasteiger partial charge on any atom is 0.272 e. The van der Waals surface area contributed by atoms with Crippen molar-refractivity contribution < 1.29 is 9.53 Å². The van der Waals surface area contributed by atoms with Crippen LogP contribution in [0.15, 0.2) is 12.3 Å². The first-order chi connectivity index (χ1) is 8.50. The SMILES string of the molecule is CC(C)c1c(OC2CC2)ccnc1C(=O)N(C)C. The molecule has 0 N–H and O–H groups in total. The van der Waals surface area contributed by atoms with Crippen LogP contribution in [-0.2, 0) is 0 Å². The number of amides is 1. The van der Waals surface area contributed by atoms with Crippen LogP contribution in [0.1, 0.15) is 48.7 Å². The molecule has 1 aromatic rings. The van der Waals surface area contributed by atoms with Gasteiger partial charge in [0.15, 0.2) is 0 Å². The van der Waals surface area contributed by atoms with Crippen molar-refractivity contribution in [1.29, 1.82) is 0 Å². The lowest BCUT2D eigenvalue weighted by Crippen LogP contribution is -2.25. The fraction of sp³-hybridized carbons (Fsp3) is 0.571. The van der Waals surface area contributed by atoms with Crippen LogP contribution in [0.25, 0.3) is 0 Å². The Morgan fingerprint density at radius 2 is 2.11 bits per heavy atom. The highest BCUT2D eigenvalue weighted by molar-refractivity contribution is 5.94. The molecule has 0 spiro atoms. The number of rotatable bonds is 4. The first-order valence-electron chi connectivity index (χ1n) is 6.38. The Bertz CT molecular complexity index is 451. The lowest BCUT2D eigenvalue weighted by molar-refractivity contribution is 0.0819. The highest BCUT2D eigenvalue weighted by Crippen LogP contribution is 2.34. The molecular formula is C14H20N2O2. The summed E-state index contributed by atoms with van der Waals surface area (Å²) in [5.41, 5.74) is 1.43. The molecule has 1 aliphatic carbocycles. The molecule has 4 nitrogen and oxygen atoms in total. The monoisotopic (exact) mass is 248 g/mol. The van der Waals surface area contributed by atoms with E-state index in [0.29, 0.717) is 11.8 Å². The smallest absolute Gasteiger partial charge is 0.272 e. The van der Waals surface area contributed by atoms with Crippen LogP contribution >= 0.6 is 0 Å². The second-order valence-electron chi connectivity index (χ2n) is 5.24. The van der Waals surface area contributed by atoms with Crippen molar-refractivity contribution in [2.75, 3.05) is 14.1 Å². The van der Waals surface area contributed by atoms with E-state index in [0.717, 1.165) is 24.2 Å². The summed E-state index contributed by atoms with van der Waals surface area (Å²) in [6, 6.07) is 1.86. The predicted octanol–water partition coefficient (Wildman–Crippen LogP) is 2.45. The third kappa shape index (κ3) is 2.63. The van der Waals surface area contributed by atoms with Gasteiger partial charge in [-0.15, -0.1) is 0 Å². The predicted molar refractivity (Wildman–Crippen MR) is 70.0 cm³/mol. The molecule has 98 valence electrons. The van der Waals surface area contributed by atoms with E-state index < -0.39 is 0 Å². The van der Waals surface area contributed by atoms with Crippen molar-refractivity contribution in [2.24, 2.45) is 0 Å². The number of hydrogen-bond donors (Lipinski definition) is 0. The zero-order valence-electron chi connectivity index (χ0n) is 11.4.